The summed E-state index contributed by atoms with van der Waals surface area (Å²) < 4.78 is 42.7. The number of hydrogen-bond donors (Lipinski definition) is 0. The monoisotopic (exact) mass is 344 g/mol. The summed E-state index contributed by atoms with van der Waals surface area (Å²) in [6.07, 6.45) is -3.46. The van der Waals surface area contributed by atoms with Crippen molar-refractivity contribution >= 4 is 32.4 Å². The van der Waals surface area contributed by atoms with Crippen LogP contribution in [0.25, 0.3) is 0 Å². The molecule has 1 aliphatic heterocycles. The number of anilines is 1. The molecule has 8 heteroatoms. The van der Waals surface area contributed by atoms with Crippen LogP contribution in [0.5, 0.6) is 0 Å². The average molecular weight is 345 g/mol. The van der Waals surface area contributed by atoms with E-state index < -0.39 is 11.9 Å². The largest absolute Gasteiger partial charge is 0.435 e. The smallest absolute Gasteiger partial charge is 0.385 e. The van der Waals surface area contributed by atoms with Gasteiger partial charge in [0.2, 0.25) is 0 Å². The molecule has 0 aromatic carbocycles. The molecule has 18 heavy (non-hydrogen) atoms. The lowest BCUT2D eigenvalue weighted by molar-refractivity contribution is -0.141. The van der Waals surface area contributed by atoms with Gasteiger partial charge in [-0.1, -0.05) is 11.3 Å². The van der Waals surface area contributed by atoms with Gasteiger partial charge in [0.15, 0.2) is 10.8 Å². The Hall–Kier alpha value is -0.340. The summed E-state index contributed by atoms with van der Waals surface area (Å²) in [6.45, 7) is 2.19. The van der Waals surface area contributed by atoms with E-state index in [1.807, 2.05) is 4.90 Å². The number of nitrogens with zero attached hydrogens (tertiary/aromatic N) is 2. The lowest BCUT2D eigenvalue weighted by atomic mass is 9.98. The molecule has 1 aliphatic rings. The van der Waals surface area contributed by atoms with Crippen LogP contribution in [-0.2, 0) is 10.9 Å². The highest BCUT2D eigenvalue weighted by atomic mass is 79.9. The third-order valence-corrected chi connectivity index (χ3v) is 4.57. The first kappa shape index (κ1) is 14.1. The first-order valence-corrected chi connectivity index (χ1v) is 7.00. The lowest BCUT2D eigenvalue weighted by Crippen LogP contribution is -2.47. The normalized spacial score (nSPS) is 17.1. The quantitative estimate of drug-likeness (QED) is 0.836. The first-order valence-electron chi connectivity index (χ1n) is 5.39. The molecule has 3 nitrogen and oxygen atoms in total. The van der Waals surface area contributed by atoms with Crippen molar-refractivity contribution in [3.8, 4) is 0 Å². The van der Waals surface area contributed by atoms with E-state index in [0.717, 1.165) is 30.8 Å². The SMILES string of the molecule is COCCC1CN(c2nc(C(F)(F)F)c(Br)s2)C1. The molecule has 0 aliphatic carbocycles. The van der Waals surface area contributed by atoms with Gasteiger partial charge < -0.3 is 9.64 Å². The second-order valence-electron chi connectivity index (χ2n) is 4.17. The summed E-state index contributed by atoms with van der Waals surface area (Å²) in [7, 11) is 1.64. The van der Waals surface area contributed by atoms with Crippen LogP contribution in [0.15, 0.2) is 3.79 Å². The van der Waals surface area contributed by atoms with E-state index in [9.17, 15) is 13.2 Å². The molecule has 2 heterocycles. The fraction of sp³-hybridized carbons (Fsp3) is 0.700. The van der Waals surface area contributed by atoms with Gasteiger partial charge in [-0.15, -0.1) is 0 Å². The zero-order chi connectivity index (χ0) is 13.3. The van der Waals surface area contributed by atoms with Crippen LogP contribution >= 0.6 is 27.3 Å². The lowest BCUT2D eigenvalue weighted by Gasteiger charge is -2.39. The number of rotatable bonds is 4. The van der Waals surface area contributed by atoms with Gasteiger partial charge >= 0.3 is 6.18 Å². The number of alkyl halides is 3. The fourth-order valence-electron chi connectivity index (χ4n) is 1.79. The van der Waals surface area contributed by atoms with E-state index in [-0.39, 0.29) is 3.79 Å². The molecule has 102 valence electrons. The van der Waals surface area contributed by atoms with E-state index in [4.69, 9.17) is 4.74 Å². The highest BCUT2D eigenvalue weighted by Crippen LogP contribution is 2.41. The van der Waals surface area contributed by atoms with Gasteiger partial charge in [-0.2, -0.15) is 13.2 Å². The van der Waals surface area contributed by atoms with Crippen molar-refractivity contribution in [2.45, 2.75) is 12.6 Å². The van der Waals surface area contributed by atoms with Crippen molar-refractivity contribution in [1.29, 1.82) is 0 Å². The van der Waals surface area contributed by atoms with Crippen molar-refractivity contribution in [3.05, 3.63) is 9.48 Å². The second-order valence-corrected chi connectivity index (χ2v) is 6.46. The van der Waals surface area contributed by atoms with Gasteiger partial charge in [0.25, 0.3) is 0 Å². The van der Waals surface area contributed by atoms with Crippen molar-refractivity contribution < 1.29 is 17.9 Å². The van der Waals surface area contributed by atoms with Gasteiger partial charge in [0.1, 0.15) is 3.79 Å². The van der Waals surface area contributed by atoms with E-state index in [2.05, 4.69) is 20.9 Å². The van der Waals surface area contributed by atoms with Gasteiger partial charge in [0, 0.05) is 26.8 Å². The first-order chi connectivity index (χ1) is 8.41. The summed E-state index contributed by atoms with van der Waals surface area (Å²) in [5, 5.41) is 0.433. The van der Waals surface area contributed by atoms with Crippen LogP contribution in [0.1, 0.15) is 12.1 Å². The summed E-state index contributed by atoms with van der Waals surface area (Å²) in [5.74, 6) is 0.488. The Morgan fingerprint density at radius 3 is 2.67 bits per heavy atom. The number of ether oxygens (including phenoxy) is 1. The number of methoxy groups -OCH3 is 1. The van der Waals surface area contributed by atoms with E-state index in [1.165, 1.54) is 0 Å². The predicted octanol–water partition coefficient (Wildman–Crippen LogP) is 3.40. The van der Waals surface area contributed by atoms with Crippen LogP contribution in [0.3, 0.4) is 0 Å². The molecular formula is C10H12BrF3N2OS. The van der Waals surface area contributed by atoms with Gasteiger partial charge in [-0.05, 0) is 28.3 Å². The second kappa shape index (κ2) is 5.34. The van der Waals surface area contributed by atoms with Crippen molar-refractivity contribution in [3.63, 3.8) is 0 Å². The molecule has 2 rings (SSSR count). The molecule has 0 bridgehead atoms. The Kier molecular flexibility index (Phi) is 4.18. The van der Waals surface area contributed by atoms with Crippen LogP contribution in [-0.4, -0.2) is 31.8 Å². The molecule has 0 spiro atoms. The number of thiazole rings is 1. The minimum Gasteiger partial charge on any atom is -0.385 e. The summed E-state index contributed by atoms with van der Waals surface area (Å²) in [4.78, 5) is 5.53. The Bertz CT molecular complexity index is 418. The van der Waals surface area contributed by atoms with Gasteiger partial charge in [0.05, 0.1) is 0 Å². The van der Waals surface area contributed by atoms with Crippen LogP contribution < -0.4 is 4.90 Å². The van der Waals surface area contributed by atoms with E-state index in [0.29, 0.717) is 17.7 Å². The number of aromatic nitrogens is 1. The van der Waals surface area contributed by atoms with Crippen LogP contribution in [0.2, 0.25) is 0 Å². The third-order valence-electron chi connectivity index (χ3n) is 2.80. The highest BCUT2D eigenvalue weighted by molar-refractivity contribution is 9.11. The molecule has 1 aromatic rings. The molecular weight excluding hydrogens is 333 g/mol. The highest BCUT2D eigenvalue weighted by Gasteiger charge is 2.39. The maximum Gasteiger partial charge on any atom is 0.435 e. The Labute approximate surface area is 115 Å². The van der Waals surface area contributed by atoms with Crippen molar-refractivity contribution in [1.82, 2.24) is 4.98 Å². The zero-order valence-corrected chi connectivity index (χ0v) is 12.0. The Morgan fingerprint density at radius 2 is 2.17 bits per heavy atom. The average Bonchev–Trinajstić information content (AvgIpc) is 2.57. The number of halogens is 4. The molecule has 0 saturated carbocycles. The van der Waals surface area contributed by atoms with E-state index >= 15 is 0 Å². The third kappa shape index (κ3) is 2.97. The molecule has 0 amide bonds. The molecule has 1 aromatic heterocycles. The summed E-state index contributed by atoms with van der Waals surface area (Å²) in [6, 6.07) is 0. The molecule has 0 radical (unpaired) electrons. The van der Waals surface area contributed by atoms with Crippen LogP contribution in [0.4, 0.5) is 18.3 Å². The Morgan fingerprint density at radius 1 is 1.50 bits per heavy atom. The van der Waals surface area contributed by atoms with Gasteiger partial charge in [-0.3, -0.25) is 0 Å². The van der Waals surface area contributed by atoms with Crippen molar-refractivity contribution in [2.75, 3.05) is 31.7 Å². The fourth-order valence-corrected chi connectivity index (χ4v) is 3.38. The maximum absolute atomic E-state index is 12.6. The summed E-state index contributed by atoms with van der Waals surface area (Å²) >= 11 is 3.95. The predicted molar refractivity (Wildman–Crippen MR) is 67.0 cm³/mol. The van der Waals surface area contributed by atoms with Gasteiger partial charge in [-0.25, -0.2) is 4.98 Å². The minimum absolute atomic E-state index is 0.0466. The molecule has 0 N–H and O–H groups in total. The minimum atomic E-state index is -4.39. The Balaban J connectivity index is 1.96. The number of hydrogen-bond acceptors (Lipinski definition) is 4. The summed E-state index contributed by atoms with van der Waals surface area (Å²) in [5.41, 5.74) is -0.831. The van der Waals surface area contributed by atoms with Crippen LogP contribution in [0, 0.1) is 5.92 Å². The molecule has 0 atom stereocenters. The maximum atomic E-state index is 12.6. The van der Waals surface area contributed by atoms with E-state index in [1.54, 1.807) is 7.11 Å². The zero-order valence-electron chi connectivity index (χ0n) is 9.63. The molecule has 1 saturated heterocycles. The molecule has 0 unspecified atom stereocenters. The molecule has 1 fully saturated rings. The standard InChI is InChI=1S/C10H12BrF3N2OS/c1-17-3-2-6-4-16(5-6)9-15-7(8(11)18-9)10(12,13)14/h6H,2-5H2,1H3. The van der Waals surface area contributed by atoms with Crippen molar-refractivity contribution in [2.24, 2.45) is 5.92 Å². The topological polar surface area (TPSA) is 25.4 Å².